The summed E-state index contributed by atoms with van der Waals surface area (Å²) in [6, 6.07) is 6.46. The van der Waals surface area contributed by atoms with Crippen molar-refractivity contribution in [2.75, 3.05) is 13.2 Å². The maximum atomic E-state index is 9.28. The summed E-state index contributed by atoms with van der Waals surface area (Å²) < 4.78 is 5.87. The molecule has 0 aliphatic rings. The third-order valence-corrected chi connectivity index (χ3v) is 3.29. The number of hydrogen-bond donors (Lipinski definition) is 1. The monoisotopic (exact) mass is 260 g/mol. The maximum Gasteiger partial charge on any atom is 0.138 e. The maximum absolute atomic E-state index is 9.28. The Morgan fingerprint density at radius 3 is 2.58 bits per heavy atom. The van der Waals surface area contributed by atoms with Crippen molar-refractivity contribution in [1.82, 2.24) is 5.32 Å². The van der Waals surface area contributed by atoms with Crippen molar-refractivity contribution in [3.8, 4) is 11.8 Å². The molecule has 1 unspecified atom stereocenters. The lowest BCUT2D eigenvalue weighted by Crippen LogP contribution is -2.46. The fourth-order valence-corrected chi connectivity index (χ4v) is 1.90. The van der Waals surface area contributed by atoms with E-state index in [0.717, 1.165) is 24.3 Å². The van der Waals surface area contributed by atoms with Crippen molar-refractivity contribution in [3.63, 3.8) is 0 Å². The van der Waals surface area contributed by atoms with Crippen LogP contribution in [0.25, 0.3) is 0 Å². The first-order valence-electron chi connectivity index (χ1n) is 6.79. The van der Waals surface area contributed by atoms with E-state index in [1.165, 1.54) is 11.1 Å². The molecule has 1 atom stereocenters. The van der Waals surface area contributed by atoms with Gasteiger partial charge in [-0.3, -0.25) is 5.32 Å². The zero-order valence-corrected chi connectivity index (χ0v) is 12.6. The molecule has 0 aliphatic heterocycles. The van der Waals surface area contributed by atoms with E-state index in [1.54, 1.807) is 0 Å². The Morgan fingerprint density at radius 2 is 2.00 bits per heavy atom. The second kappa shape index (κ2) is 6.58. The van der Waals surface area contributed by atoms with Crippen molar-refractivity contribution in [2.24, 2.45) is 0 Å². The van der Waals surface area contributed by atoms with E-state index in [-0.39, 0.29) is 0 Å². The predicted octanol–water partition coefficient (Wildman–Crippen LogP) is 3.27. The van der Waals surface area contributed by atoms with Crippen LogP contribution in [0.1, 0.15) is 37.0 Å². The molecular weight excluding hydrogens is 236 g/mol. The fourth-order valence-electron chi connectivity index (χ4n) is 1.90. The number of nitrogens with zero attached hydrogens (tertiary/aromatic N) is 1. The Kier molecular flexibility index (Phi) is 5.38. The van der Waals surface area contributed by atoms with Crippen LogP contribution in [0.5, 0.6) is 5.75 Å². The SMILES string of the molecule is CCCNC(C)(C#N)COc1cc(C)cc(C)c1C. The minimum Gasteiger partial charge on any atom is -0.490 e. The van der Waals surface area contributed by atoms with Gasteiger partial charge in [-0.25, -0.2) is 0 Å². The van der Waals surface area contributed by atoms with Crippen molar-refractivity contribution in [3.05, 3.63) is 28.8 Å². The van der Waals surface area contributed by atoms with Crippen LogP contribution >= 0.6 is 0 Å². The van der Waals surface area contributed by atoms with Crippen LogP contribution in [-0.4, -0.2) is 18.7 Å². The third kappa shape index (κ3) is 4.25. The zero-order valence-electron chi connectivity index (χ0n) is 12.6. The van der Waals surface area contributed by atoms with Crippen molar-refractivity contribution in [1.29, 1.82) is 5.26 Å². The molecule has 3 heteroatoms. The van der Waals surface area contributed by atoms with Gasteiger partial charge in [-0.1, -0.05) is 13.0 Å². The molecule has 1 rings (SSSR count). The highest BCUT2D eigenvalue weighted by Crippen LogP contribution is 2.24. The highest BCUT2D eigenvalue weighted by atomic mass is 16.5. The number of nitriles is 1. The average Bonchev–Trinajstić information content (AvgIpc) is 2.39. The topological polar surface area (TPSA) is 45.0 Å². The predicted molar refractivity (Wildman–Crippen MR) is 78.5 cm³/mol. The van der Waals surface area contributed by atoms with Gasteiger partial charge in [-0.05, 0) is 63.4 Å². The minimum absolute atomic E-state index is 0.354. The van der Waals surface area contributed by atoms with Crippen molar-refractivity contribution >= 4 is 0 Å². The van der Waals surface area contributed by atoms with Crippen molar-refractivity contribution in [2.45, 2.75) is 46.6 Å². The van der Waals surface area contributed by atoms with Crippen LogP contribution in [-0.2, 0) is 0 Å². The fraction of sp³-hybridized carbons (Fsp3) is 0.562. The summed E-state index contributed by atoms with van der Waals surface area (Å²) in [5, 5.41) is 12.5. The normalized spacial score (nSPS) is 13.7. The molecule has 3 nitrogen and oxygen atoms in total. The van der Waals surface area contributed by atoms with E-state index in [0.29, 0.717) is 6.61 Å². The lowest BCUT2D eigenvalue weighted by molar-refractivity contribution is 0.233. The molecule has 0 aromatic heterocycles. The Labute approximate surface area is 116 Å². The molecule has 0 heterocycles. The lowest BCUT2D eigenvalue weighted by atomic mass is 10.0. The second-order valence-corrected chi connectivity index (χ2v) is 5.36. The van der Waals surface area contributed by atoms with Gasteiger partial charge in [0.2, 0.25) is 0 Å². The van der Waals surface area contributed by atoms with Gasteiger partial charge in [0.15, 0.2) is 0 Å². The minimum atomic E-state index is -0.639. The summed E-state index contributed by atoms with van der Waals surface area (Å²) in [5.41, 5.74) is 2.90. The summed E-state index contributed by atoms with van der Waals surface area (Å²) in [6.45, 7) is 11.3. The summed E-state index contributed by atoms with van der Waals surface area (Å²) >= 11 is 0. The van der Waals surface area contributed by atoms with Crippen LogP contribution in [0.3, 0.4) is 0 Å². The first-order valence-corrected chi connectivity index (χ1v) is 6.79. The number of rotatable bonds is 6. The van der Waals surface area contributed by atoms with Crippen LogP contribution in [0, 0.1) is 32.1 Å². The van der Waals surface area contributed by atoms with Gasteiger partial charge in [0, 0.05) is 0 Å². The van der Waals surface area contributed by atoms with E-state index >= 15 is 0 Å². The van der Waals surface area contributed by atoms with E-state index in [4.69, 9.17) is 4.74 Å². The van der Waals surface area contributed by atoms with Gasteiger partial charge in [-0.2, -0.15) is 5.26 Å². The highest BCUT2D eigenvalue weighted by molar-refractivity contribution is 5.42. The molecule has 104 valence electrons. The molecule has 0 saturated heterocycles. The largest absolute Gasteiger partial charge is 0.490 e. The second-order valence-electron chi connectivity index (χ2n) is 5.36. The number of aryl methyl sites for hydroxylation is 2. The average molecular weight is 260 g/mol. The van der Waals surface area contributed by atoms with Gasteiger partial charge in [0.1, 0.15) is 17.9 Å². The number of hydrogen-bond acceptors (Lipinski definition) is 3. The van der Waals surface area contributed by atoms with Crippen LogP contribution in [0.4, 0.5) is 0 Å². The molecular formula is C16H24N2O. The molecule has 0 fully saturated rings. The molecule has 1 aromatic rings. The Morgan fingerprint density at radius 1 is 1.32 bits per heavy atom. The molecule has 0 amide bonds. The summed E-state index contributed by atoms with van der Waals surface area (Å²) in [6.07, 6.45) is 1.000. The molecule has 1 aromatic carbocycles. The molecule has 0 radical (unpaired) electrons. The number of benzene rings is 1. The molecule has 19 heavy (non-hydrogen) atoms. The van der Waals surface area contributed by atoms with Gasteiger partial charge in [-0.15, -0.1) is 0 Å². The third-order valence-electron chi connectivity index (χ3n) is 3.29. The van der Waals surface area contributed by atoms with E-state index in [9.17, 15) is 5.26 Å². The molecule has 0 saturated carbocycles. The number of nitrogens with one attached hydrogen (secondary N) is 1. The van der Waals surface area contributed by atoms with Crippen LogP contribution in [0.2, 0.25) is 0 Å². The van der Waals surface area contributed by atoms with Gasteiger partial charge >= 0.3 is 0 Å². The number of ether oxygens (including phenoxy) is 1. The van der Waals surface area contributed by atoms with E-state index in [2.05, 4.69) is 38.2 Å². The van der Waals surface area contributed by atoms with E-state index in [1.807, 2.05) is 19.9 Å². The Bertz CT molecular complexity index is 476. The van der Waals surface area contributed by atoms with Crippen LogP contribution in [0.15, 0.2) is 12.1 Å². The first kappa shape index (κ1) is 15.5. The first-order chi connectivity index (χ1) is 8.91. The standard InChI is InChI=1S/C16H24N2O/c1-6-7-18-16(5,10-17)11-19-15-9-12(2)8-13(3)14(15)4/h8-9,18H,6-7,11H2,1-5H3. The van der Waals surface area contributed by atoms with Crippen LogP contribution < -0.4 is 10.1 Å². The Hall–Kier alpha value is -1.53. The highest BCUT2D eigenvalue weighted by Gasteiger charge is 2.24. The van der Waals surface area contributed by atoms with Gasteiger partial charge in [0.25, 0.3) is 0 Å². The molecule has 0 aliphatic carbocycles. The van der Waals surface area contributed by atoms with E-state index < -0.39 is 5.54 Å². The smallest absolute Gasteiger partial charge is 0.138 e. The lowest BCUT2D eigenvalue weighted by Gasteiger charge is -2.24. The molecule has 1 N–H and O–H groups in total. The summed E-state index contributed by atoms with van der Waals surface area (Å²) in [5.74, 6) is 0.872. The molecule has 0 spiro atoms. The quantitative estimate of drug-likeness (QED) is 0.853. The molecule has 0 bridgehead atoms. The zero-order chi connectivity index (χ0) is 14.5. The van der Waals surface area contributed by atoms with Gasteiger partial charge in [0.05, 0.1) is 6.07 Å². The van der Waals surface area contributed by atoms with Gasteiger partial charge < -0.3 is 4.74 Å². The van der Waals surface area contributed by atoms with Crippen molar-refractivity contribution < 1.29 is 4.74 Å². The summed E-state index contributed by atoms with van der Waals surface area (Å²) in [4.78, 5) is 0. The summed E-state index contributed by atoms with van der Waals surface area (Å²) in [7, 11) is 0. The Balaban J connectivity index is 2.78.